The molecule has 4 nitrogen and oxygen atoms in total. The largest absolute Gasteiger partial charge is 0.412 e. The Morgan fingerprint density at radius 2 is 2.25 bits per heavy atom. The highest BCUT2D eigenvalue weighted by molar-refractivity contribution is 5.50. The summed E-state index contributed by atoms with van der Waals surface area (Å²) in [6, 6.07) is 0. The summed E-state index contributed by atoms with van der Waals surface area (Å²) in [6.45, 7) is 0.313. The lowest BCUT2D eigenvalue weighted by atomic mass is 10.7. The molecule has 0 spiro atoms. The molecule has 0 radical (unpaired) electrons. The number of aldehydes is 1. The minimum atomic E-state index is -0.0200. The summed E-state index contributed by atoms with van der Waals surface area (Å²) in [5, 5.41) is 8.05. The fraction of sp³-hybridized carbons (Fsp3) is 0.750. The molecule has 0 aliphatic carbocycles. The molecular formula is C4H10O4. The van der Waals surface area contributed by atoms with Gasteiger partial charge >= 0.3 is 0 Å². The number of carbonyl (C=O) groups is 1. The van der Waals surface area contributed by atoms with Crippen LogP contribution in [0.15, 0.2) is 0 Å². The van der Waals surface area contributed by atoms with E-state index in [2.05, 4.69) is 4.74 Å². The second kappa shape index (κ2) is 9.75. The van der Waals surface area contributed by atoms with Crippen molar-refractivity contribution >= 4 is 6.29 Å². The lowest BCUT2D eigenvalue weighted by Gasteiger charge is -1.90. The molecule has 0 atom stereocenters. The zero-order chi connectivity index (χ0) is 5.54. The summed E-state index contributed by atoms with van der Waals surface area (Å²) >= 11 is 0. The first-order chi connectivity index (χ1) is 3.41. The van der Waals surface area contributed by atoms with E-state index >= 15 is 0 Å². The molecule has 50 valence electrons. The molecule has 0 fully saturated rings. The van der Waals surface area contributed by atoms with Crippen LogP contribution in [-0.2, 0) is 9.53 Å². The third-order valence-electron chi connectivity index (χ3n) is 0.422. The fourth-order valence-corrected chi connectivity index (χ4v) is 0.196. The molecule has 0 aromatic rings. The number of carbonyl (C=O) groups excluding carboxylic acids is 1. The van der Waals surface area contributed by atoms with Crippen LogP contribution in [0, 0.1) is 0 Å². The van der Waals surface area contributed by atoms with Gasteiger partial charge < -0.3 is 20.1 Å². The molecule has 0 aliphatic rings. The first-order valence-corrected chi connectivity index (χ1v) is 2.04. The fourth-order valence-electron chi connectivity index (χ4n) is 0.196. The molecule has 0 heterocycles. The minimum absolute atomic E-state index is 0. The zero-order valence-electron chi connectivity index (χ0n) is 4.46. The molecule has 3 N–H and O–H groups in total. The van der Waals surface area contributed by atoms with E-state index < -0.39 is 0 Å². The van der Waals surface area contributed by atoms with Gasteiger partial charge in [-0.05, 0) is 0 Å². The van der Waals surface area contributed by atoms with Crippen LogP contribution in [0.1, 0.15) is 0 Å². The van der Waals surface area contributed by atoms with Gasteiger partial charge in [-0.25, -0.2) is 0 Å². The average molecular weight is 122 g/mol. The molecule has 0 bridgehead atoms. The van der Waals surface area contributed by atoms with Gasteiger partial charge in [0.25, 0.3) is 0 Å². The summed E-state index contributed by atoms with van der Waals surface area (Å²) in [4.78, 5) is 9.47. The van der Waals surface area contributed by atoms with Gasteiger partial charge in [0.2, 0.25) is 0 Å². The Morgan fingerprint density at radius 3 is 2.62 bits per heavy atom. The molecule has 0 aromatic heterocycles. The molecule has 4 heteroatoms. The second-order valence-corrected chi connectivity index (χ2v) is 0.965. The van der Waals surface area contributed by atoms with Gasteiger partial charge in [0, 0.05) is 0 Å². The van der Waals surface area contributed by atoms with E-state index in [0.717, 1.165) is 0 Å². The van der Waals surface area contributed by atoms with E-state index in [9.17, 15) is 4.79 Å². The van der Waals surface area contributed by atoms with Crippen molar-refractivity contribution in [2.75, 3.05) is 19.8 Å². The third kappa shape index (κ3) is 9.12. The van der Waals surface area contributed by atoms with E-state index in [-0.39, 0.29) is 25.3 Å². The van der Waals surface area contributed by atoms with Crippen LogP contribution in [0.5, 0.6) is 0 Å². The van der Waals surface area contributed by atoms with Gasteiger partial charge in [0.05, 0.1) is 13.2 Å². The second-order valence-electron chi connectivity index (χ2n) is 0.965. The van der Waals surface area contributed by atoms with Crippen molar-refractivity contribution in [1.82, 2.24) is 0 Å². The normalized spacial score (nSPS) is 7.62. The van der Waals surface area contributed by atoms with Crippen molar-refractivity contribution in [2.45, 2.75) is 0 Å². The molecule has 0 saturated heterocycles. The Bertz CT molecular complexity index is 45.3. The smallest absolute Gasteiger partial charge is 0.145 e. The molecular weight excluding hydrogens is 112 g/mol. The van der Waals surface area contributed by atoms with Crippen molar-refractivity contribution in [3.63, 3.8) is 0 Å². The van der Waals surface area contributed by atoms with Crippen LogP contribution < -0.4 is 0 Å². The van der Waals surface area contributed by atoms with E-state index in [4.69, 9.17) is 5.11 Å². The highest BCUT2D eigenvalue weighted by Gasteiger charge is 1.78. The number of aliphatic hydroxyl groups excluding tert-OH is 1. The number of aliphatic hydroxyl groups is 1. The predicted molar refractivity (Wildman–Crippen MR) is 27.6 cm³/mol. The van der Waals surface area contributed by atoms with Gasteiger partial charge in [-0.1, -0.05) is 0 Å². The van der Waals surface area contributed by atoms with E-state index in [1.807, 2.05) is 0 Å². The van der Waals surface area contributed by atoms with Crippen LogP contribution in [0.25, 0.3) is 0 Å². The third-order valence-corrected chi connectivity index (χ3v) is 0.422. The van der Waals surface area contributed by atoms with Gasteiger partial charge in [0.1, 0.15) is 12.9 Å². The molecule has 0 rings (SSSR count). The maximum absolute atomic E-state index is 9.47. The van der Waals surface area contributed by atoms with Crippen molar-refractivity contribution in [2.24, 2.45) is 0 Å². The van der Waals surface area contributed by atoms with E-state index in [1.165, 1.54) is 0 Å². The lowest BCUT2D eigenvalue weighted by molar-refractivity contribution is -0.112. The summed E-state index contributed by atoms with van der Waals surface area (Å²) in [5.41, 5.74) is 0. The predicted octanol–water partition coefficient (Wildman–Crippen LogP) is -1.63. The number of hydrogen-bond acceptors (Lipinski definition) is 3. The summed E-state index contributed by atoms with van der Waals surface area (Å²) in [5.74, 6) is 0. The Hall–Kier alpha value is -0.450. The van der Waals surface area contributed by atoms with Gasteiger partial charge in [0.15, 0.2) is 0 Å². The lowest BCUT2D eigenvalue weighted by Crippen LogP contribution is -2.00. The molecule has 0 amide bonds. The van der Waals surface area contributed by atoms with Crippen LogP contribution in [-0.4, -0.2) is 36.7 Å². The highest BCUT2D eigenvalue weighted by atomic mass is 16.5. The van der Waals surface area contributed by atoms with Crippen LogP contribution >= 0.6 is 0 Å². The van der Waals surface area contributed by atoms with Crippen molar-refractivity contribution in [3.8, 4) is 0 Å². The molecule has 0 saturated carbocycles. The monoisotopic (exact) mass is 122 g/mol. The van der Waals surface area contributed by atoms with Crippen molar-refractivity contribution in [1.29, 1.82) is 0 Å². The average Bonchev–Trinajstić information content (AvgIpc) is 1.69. The van der Waals surface area contributed by atoms with Gasteiger partial charge in [-0.15, -0.1) is 0 Å². The van der Waals surface area contributed by atoms with E-state index in [1.54, 1.807) is 0 Å². The summed E-state index contributed by atoms with van der Waals surface area (Å²) in [7, 11) is 0. The quantitative estimate of drug-likeness (QED) is 0.359. The molecule has 0 aromatic carbocycles. The first-order valence-electron chi connectivity index (χ1n) is 2.04. The highest BCUT2D eigenvalue weighted by Crippen LogP contribution is 1.65. The van der Waals surface area contributed by atoms with Gasteiger partial charge in [-0.2, -0.15) is 0 Å². The first kappa shape index (κ1) is 10.5. The standard InChI is InChI=1S/C4H8O3.H2O/c5-1-3-7-4-2-6;/h1,6H,2-4H2;1H2. The summed E-state index contributed by atoms with van der Waals surface area (Å²) in [6.07, 6.45) is 0.648. The zero-order valence-corrected chi connectivity index (χ0v) is 4.46. The molecule has 0 unspecified atom stereocenters. The number of rotatable bonds is 4. The van der Waals surface area contributed by atoms with E-state index in [0.29, 0.717) is 6.29 Å². The summed E-state index contributed by atoms with van der Waals surface area (Å²) < 4.78 is 4.51. The Kier molecular flexibility index (Phi) is 12.8. The molecule has 0 aliphatic heterocycles. The Labute approximate surface area is 47.4 Å². The topological polar surface area (TPSA) is 78.0 Å². The van der Waals surface area contributed by atoms with Crippen molar-refractivity contribution in [3.05, 3.63) is 0 Å². The number of hydrogen-bond donors (Lipinski definition) is 1. The van der Waals surface area contributed by atoms with Crippen molar-refractivity contribution < 1.29 is 20.1 Å². The Morgan fingerprint density at radius 1 is 1.62 bits per heavy atom. The SMILES string of the molecule is O.O=CCOCCO. The van der Waals surface area contributed by atoms with Gasteiger partial charge in [-0.3, -0.25) is 0 Å². The minimum Gasteiger partial charge on any atom is -0.412 e. The maximum atomic E-state index is 9.47. The van der Waals surface area contributed by atoms with Crippen LogP contribution in [0.2, 0.25) is 0 Å². The van der Waals surface area contributed by atoms with Crippen LogP contribution in [0.3, 0.4) is 0 Å². The van der Waals surface area contributed by atoms with Crippen LogP contribution in [0.4, 0.5) is 0 Å². The maximum Gasteiger partial charge on any atom is 0.145 e. The Balaban J connectivity index is 0. The number of ether oxygens (including phenoxy) is 1. The molecule has 8 heavy (non-hydrogen) atoms.